The molecule has 0 aromatic heterocycles. The Kier molecular flexibility index (Phi) is 7.01. The van der Waals surface area contributed by atoms with Gasteiger partial charge in [-0.2, -0.15) is 0 Å². The zero-order valence-electron chi connectivity index (χ0n) is 14.1. The number of nitrogens with one attached hydrogen (secondary N) is 1. The Morgan fingerprint density at radius 3 is 2.60 bits per heavy atom. The number of hydrogen-bond acceptors (Lipinski definition) is 4. The normalized spacial score (nSPS) is 11.6. The van der Waals surface area contributed by atoms with Crippen LogP contribution in [0.1, 0.15) is 18.1 Å². The van der Waals surface area contributed by atoms with Gasteiger partial charge in [0.25, 0.3) is 0 Å². The summed E-state index contributed by atoms with van der Waals surface area (Å²) in [5.41, 5.74) is 2.42. The Hall–Kier alpha value is -2.34. The molecule has 2 rings (SSSR count). The summed E-state index contributed by atoms with van der Waals surface area (Å²) in [5.74, 6) is -0.843. The number of esters is 1. The second-order valence-corrected chi connectivity index (χ2v) is 6.93. The van der Waals surface area contributed by atoms with E-state index in [0.717, 1.165) is 11.3 Å². The van der Waals surface area contributed by atoms with Gasteiger partial charge in [0.1, 0.15) is 17.7 Å². The minimum atomic E-state index is -0.489. The number of halogens is 1. The molecule has 0 radical (unpaired) electrons. The third kappa shape index (κ3) is 6.58. The van der Waals surface area contributed by atoms with Gasteiger partial charge in [-0.05, 0) is 43.7 Å². The summed E-state index contributed by atoms with van der Waals surface area (Å²) < 4.78 is 18.2. The fourth-order valence-corrected chi connectivity index (χ4v) is 2.68. The van der Waals surface area contributed by atoms with Gasteiger partial charge in [0.2, 0.25) is 5.91 Å². The molecule has 0 fully saturated rings. The molecule has 2 aromatic rings. The van der Waals surface area contributed by atoms with Gasteiger partial charge in [0.15, 0.2) is 0 Å². The van der Waals surface area contributed by atoms with E-state index in [1.165, 1.54) is 23.9 Å². The highest BCUT2D eigenvalue weighted by atomic mass is 32.2. The number of hydrogen-bond donors (Lipinski definition) is 1. The molecule has 0 aliphatic carbocycles. The zero-order valence-corrected chi connectivity index (χ0v) is 14.9. The summed E-state index contributed by atoms with van der Waals surface area (Å²) in [6, 6.07) is 13.4. The smallest absolute Gasteiger partial charge is 0.319 e. The van der Waals surface area contributed by atoms with Gasteiger partial charge in [-0.1, -0.05) is 29.8 Å². The third-order valence-corrected chi connectivity index (χ3v) is 4.52. The molecule has 0 aliphatic rings. The van der Waals surface area contributed by atoms with Crippen LogP contribution in [-0.4, -0.2) is 22.9 Å². The quantitative estimate of drug-likeness (QED) is 0.759. The van der Waals surface area contributed by atoms with Gasteiger partial charge in [-0.15, -0.1) is 11.8 Å². The first kappa shape index (κ1) is 19.0. The standard InChI is InChI=1S/C19H20FNO3S/c1-13-6-8-17(9-7-13)21-18(22)12-25-14(2)19(23)24-11-15-4-3-5-16(20)10-15/h3-10,14H,11-12H2,1-2H3,(H,21,22). The highest BCUT2D eigenvalue weighted by Gasteiger charge is 2.17. The van der Waals surface area contributed by atoms with E-state index in [4.69, 9.17) is 4.74 Å². The van der Waals surface area contributed by atoms with Crippen molar-refractivity contribution in [3.63, 3.8) is 0 Å². The SMILES string of the molecule is Cc1ccc(NC(=O)CSC(C)C(=O)OCc2cccc(F)c2)cc1. The lowest BCUT2D eigenvalue weighted by atomic mass is 10.2. The van der Waals surface area contributed by atoms with E-state index in [9.17, 15) is 14.0 Å². The third-order valence-electron chi connectivity index (χ3n) is 3.40. The van der Waals surface area contributed by atoms with Crippen molar-refractivity contribution in [2.45, 2.75) is 25.7 Å². The van der Waals surface area contributed by atoms with Crippen molar-refractivity contribution in [3.05, 3.63) is 65.5 Å². The van der Waals surface area contributed by atoms with E-state index < -0.39 is 11.2 Å². The van der Waals surface area contributed by atoms with Crippen molar-refractivity contribution in [1.29, 1.82) is 0 Å². The van der Waals surface area contributed by atoms with Crippen LogP contribution >= 0.6 is 11.8 Å². The Morgan fingerprint density at radius 2 is 1.92 bits per heavy atom. The molecule has 0 spiro atoms. The molecule has 132 valence electrons. The van der Waals surface area contributed by atoms with Crippen LogP contribution in [0.3, 0.4) is 0 Å². The van der Waals surface area contributed by atoms with E-state index in [2.05, 4.69) is 5.32 Å². The largest absolute Gasteiger partial charge is 0.460 e. The van der Waals surface area contributed by atoms with Crippen LogP contribution in [0.2, 0.25) is 0 Å². The lowest BCUT2D eigenvalue weighted by Gasteiger charge is -2.11. The van der Waals surface area contributed by atoms with Crippen LogP contribution in [0.15, 0.2) is 48.5 Å². The maximum Gasteiger partial charge on any atom is 0.319 e. The van der Waals surface area contributed by atoms with E-state index in [1.807, 2.05) is 31.2 Å². The minimum absolute atomic E-state index is 0.0110. The summed E-state index contributed by atoms with van der Waals surface area (Å²) in [7, 11) is 0. The van der Waals surface area contributed by atoms with Gasteiger partial charge < -0.3 is 10.1 Å². The maximum atomic E-state index is 13.1. The van der Waals surface area contributed by atoms with Crippen LogP contribution in [0.4, 0.5) is 10.1 Å². The zero-order chi connectivity index (χ0) is 18.2. The number of carbonyl (C=O) groups excluding carboxylic acids is 2. The highest BCUT2D eigenvalue weighted by molar-refractivity contribution is 8.01. The van der Waals surface area contributed by atoms with Crippen LogP contribution in [-0.2, 0) is 20.9 Å². The molecule has 1 atom stereocenters. The van der Waals surface area contributed by atoms with Gasteiger partial charge >= 0.3 is 5.97 Å². The van der Waals surface area contributed by atoms with E-state index in [-0.39, 0.29) is 24.1 Å². The average molecular weight is 361 g/mol. The fraction of sp³-hybridized carbons (Fsp3) is 0.263. The van der Waals surface area contributed by atoms with Crippen molar-refractivity contribution >= 4 is 29.3 Å². The molecule has 4 nitrogen and oxygen atoms in total. The topological polar surface area (TPSA) is 55.4 Å². The van der Waals surface area contributed by atoms with Crippen LogP contribution < -0.4 is 5.32 Å². The molecule has 0 saturated carbocycles. The molecule has 6 heteroatoms. The fourth-order valence-electron chi connectivity index (χ4n) is 2.00. The summed E-state index contributed by atoms with van der Waals surface area (Å²) in [4.78, 5) is 23.9. The van der Waals surface area contributed by atoms with Crippen molar-refractivity contribution in [3.8, 4) is 0 Å². The Balaban J connectivity index is 1.73. The number of benzene rings is 2. The molecule has 1 N–H and O–H groups in total. The Bertz CT molecular complexity index is 734. The number of amides is 1. The summed E-state index contributed by atoms with van der Waals surface area (Å²) in [5, 5.41) is 2.29. The lowest BCUT2D eigenvalue weighted by molar-refractivity contribution is -0.143. The second-order valence-electron chi connectivity index (χ2n) is 5.61. The Morgan fingerprint density at radius 1 is 1.20 bits per heavy atom. The summed E-state index contributed by atoms with van der Waals surface area (Å²) in [6.45, 7) is 3.66. The predicted molar refractivity (Wildman–Crippen MR) is 97.9 cm³/mol. The van der Waals surface area contributed by atoms with Crippen molar-refractivity contribution < 1.29 is 18.7 Å². The van der Waals surface area contributed by atoms with E-state index >= 15 is 0 Å². The number of thioether (sulfide) groups is 1. The molecular weight excluding hydrogens is 341 g/mol. The lowest BCUT2D eigenvalue weighted by Crippen LogP contribution is -2.21. The van der Waals surface area contributed by atoms with Crippen LogP contribution in [0, 0.1) is 12.7 Å². The molecule has 25 heavy (non-hydrogen) atoms. The molecule has 0 heterocycles. The van der Waals surface area contributed by atoms with Gasteiger partial charge in [-0.25, -0.2) is 4.39 Å². The van der Waals surface area contributed by atoms with E-state index in [1.54, 1.807) is 19.1 Å². The summed E-state index contributed by atoms with van der Waals surface area (Å²) in [6.07, 6.45) is 0. The first-order valence-corrected chi connectivity index (χ1v) is 8.88. The molecular formula is C19H20FNO3S. The van der Waals surface area contributed by atoms with Crippen molar-refractivity contribution in [1.82, 2.24) is 0 Å². The molecule has 2 aromatic carbocycles. The number of carbonyl (C=O) groups is 2. The highest BCUT2D eigenvalue weighted by Crippen LogP contribution is 2.15. The first-order chi connectivity index (χ1) is 11.9. The molecule has 1 unspecified atom stereocenters. The number of ether oxygens (including phenoxy) is 1. The number of aryl methyl sites for hydroxylation is 1. The van der Waals surface area contributed by atoms with Crippen LogP contribution in [0.5, 0.6) is 0 Å². The number of anilines is 1. The second kappa shape index (κ2) is 9.22. The minimum Gasteiger partial charge on any atom is -0.460 e. The van der Waals surface area contributed by atoms with Crippen molar-refractivity contribution in [2.75, 3.05) is 11.1 Å². The Labute approximate surface area is 150 Å². The van der Waals surface area contributed by atoms with Crippen molar-refractivity contribution in [2.24, 2.45) is 0 Å². The number of rotatable bonds is 7. The predicted octanol–water partition coefficient (Wildman–Crippen LogP) is 3.94. The molecule has 0 bridgehead atoms. The molecule has 0 aliphatic heterocycles. The average Bonchev–Trinajstić information content (AvgIpc) is 2.59. The van der Waals surface area contributed by atoms with Crippen LogP contribution in [0.25, 0.3) is 0 Å². The molecule has 0 saturated heterocycles. The molecule has 1 amide bonds. The van der Waals surface area contributed by atoms with Gasteiger partial charge in [0, 0.05) is 5.69 Å². The van der Waals surface area contributed by atoms with E-state index in [0.29, 0.717) is 5.56 Å². The summed E-state index contributed by atoms with van der Waals surface area (Å²) >= 11 is 1.19. The van der Waals surface area contributed by atoms with Gasteiger partial charge in [0.05, 0.1) is 5.75 Å². The first-order valence-electron chi connectivity index (χ1n) is 7.83. The maximum absolute atomic E-state index is 13.1. The van der Waals surface area contributed by atoms with Gasteiger partial charge in [-0.3, -0.25) is 9.59 Å². The monoisotopic (exact) mass is 361 g/mol.